The smallest absolute Gasteiger partial charge is 0.246 e. The molecule has 1 heterocycles. The molecule has 3 rings (SSSR count). The van der Waals surface area contributed by atoms with E-state index in [1.807, 2.05) is 13.0 Å². The van der Waals surface area contributed by atoms with Gasteiger partial charge in [0.25, 0.3) is 0 Å². The van der Waals surface area contributed by atoms with Crippen molar-refractivity contribution in [1.82, 2.24) is 10.2 Å². The molecule has 1 fully saturated rings. The van der Waals surface area contributed by atoms with Gasteiger partial charge in [0.15, 0.2) is 0 Å². The molecule has 1 aliphatic heterocycles. The standard InChI is InChI=1S/C24H24FN3O2/c1-5-17-7-6-8-18(14-26)20(17)15(2)21-22(29)28(4)24(3,23(30)27-21)13-16-9-11-19(25)12-10-16/h5-12,15,21H,1,13H2,2-4H3,(H,27,30). The fraction of sp³-hybridized carbons (Fsp3) is 0.292. The van der Waals surface area contributed by atoms with Crippen LogP contribution in [0.1, 0.15) is 42.0 Å². The number of carbonyl (C=O) groups is 2. The Morgan fingerprint density at radius 3 is 2.57 bits per heavy atom. The zero-order valence-corrected chi connectivity index (χ0v) is 17.3. The van der Waals surface area contributed by atoms with Crippen LogP contribution in [0, 0.1) is 17.1 Å². The van der Waals surface area contributed by atoms with Gasteiger partial charge in [0, 0.05) is 19.4 Å². The van der Waals surface area contributed by atoms with Gasteiger partial charge in [-0.1, -0.05) is 43.8 Å². The first-order valence-corrected chi connectivity index (χ1v) is 9.71. The average Bonchev–Trinajstić information content (AvgIpc) is 2.75. The molecular formula is C24H24FN3O2. The van der Waals surface area contributed by atoms with E-state index in [1.165, 1.54) is 17.0 Å². The van der Waals surface area contributed by atoms with Crippen LogP contribution in [-0.4, -0.2) is 35.3 Å². The number of nitrogens with zero attached hydrogens (tertiary/aromatic N) is 2. The maximum atomic E-state index is 13.3. The molecule has 1 N–H and O–H groups in total. The van der Waals surface area contributed by atoms with Crippen molar-refractivity contribution in [3.63, 3.8) is 0 Å². The summed E-state index contributed by atoms with van der Waals surface area (Å²) in [4.78, 5) is 27.9. The second-order valence-electron chi connectivity index (χ2n) is 7.84. The van der Waals surface area contributed by atoms with E-state index in [9.17, 15) is 19.2 Å². The number of nitrogens with one attached hydrogen (secondary N) is 1. The largest absolute Gasteiger partial charge is 0.342 e. The van der Waals surface area contributed by atoms with Crippen LogP contribution in [0.4, 0.5) is 4.39 Å². The Balaban J connectivity index is 1.93. The lowest BCUT2D eigenvalue weighted by atomic mass is 9.81. The van der Waals surface area contributed by atoms with Crippen molar-refractivity contribution in [1.29, 1.82) is 5.26 Å². The van der Waals surface area contributed by atoms with Gasteiger partial charge in [-0.3, -0.25) is 9.59 Å². The number of halogens is 1. The van der Waals surface area contributed by atoms with E-state index in [2.05, 4.69) is 18.0 Å². The minimum Gasteiger partial charge on any atom is -0.342 e. The second kappa shape index (κ2) is 8.11. The average molecular weight is 405 g/mol. The molecule has 0 saturated carbocycles. The molecule has 0 radical (unpaired) electrons. The molecule has 0 bridgehead atoms. The van der Waals surface area contributed by atoms with Crippen molar-refractivity contribution in [2.75, 3.05) is 7.05 Å². The van der Waals surface area contributed by atoms with Crippen molar-refractivity contribution in [3.8, 4) is 6.07 Å². The van der Waals surface area contributed by atoms with Crippen molar-refractivity contribution >= 4 is 17.9 Å². The Labute approximate surface area is 175 Å². The first-order chi connectivity index (χ1) is 14.2. The summed E-state index contributed by atoms with van der Waals surface area (Å²) in [6, 6.07) is 12.5. The van der Waals surface area contributed by atoms with E-state index in [0.29, 0.717) is 11.1 Å². The van der Waals surface area contributed by atoms with Crippen LogP contribution in [0.5, 0.6) is 0 Å². The highest BCUT2D eigenvalue weighted by molar-refractivity contribution is 6.00. The van der Waals surface area contributed by atoms with Gasteiger partial charge in [0.1, 0.15) is 17.4 Å². The number of benzene rings is 2. The summed E-state index contributed by atoms with van der Waals surface area (Å²) in [6.07, 6.45) is 1.90. The highest BCUT2D eigenvalue weighted by Gasteiger charge is 2.49. The summed E-state index contributed by atoms with van der Waals surface area (Å²) in [6.45, 7) is 7.32. The summed E-state index contributed by atoms with van der Waals surface area (Å²) < 4.78 is 13.2. The van der Waals surface area contributed by atoms with Crippen molar-refractivity contribution < 1.29 is 14.0 Å². The quantitative estimate of drug-likeness (QED) is 0.829. The van der Waals surface area contributed by atoms with Crippen molar-refractivity contribution in [2.45, 2.75) is 37.8 Å². The Morgan fingerprint density at radius 1 is 1.30 bits per heavy atom. The first-order valence-electron chi connectivity index (χ1n) is 9.71. The van der Waals surface area contributed by atoms with Crippen LogP contribution < -0.4 is 5.32 Å². The maximum absolute atomic E-state index is 13.3. The van der Waals surface area contributed by atoms with E-state index in [-0.39, 0.29) is 24.1 Å². The van der Waals surface area contributed by atoms with Gasteiger partial charge < -0.3 is 10.2 Å². The number of piperazine rings is 1. The third-order valence-corrected chi connectivity index (χ3v) is 6.01. The van der Waals surface area contributed by atoms with Gasteiger partial charge in [-0.2, -0.15) is 5.26 Å². The van der Waals surface area contributed by atoms with Crippen molar-refractivity contribution in [3.05, 3.63) is 77.1 Å². The van der Waals surface area contributed by atoms with Crippen LogP contribution in [0.25, 0.3) is 6.08 Å². The van der Waals surface area contributed by atoms with E-state index in [0.717, 1.165) is 11.1 Å². The molecule has 6 heteroatoms. The summed E-state index contributed by atoms with van der Waals surface area (Å²) in [5.41, 5.74) is 1.53. The molecule has 2 aromatic carbocycles. The van der Waals surface area contributed by atoms with E-state index in [4.69, 9.17) is 0 Å². The molecule has 1 aliphatic rings. The topological polar surface area (TPSA) is 73.2 Å². The SMILES string of the molecule is C=Cc1cccc(C#N)c1C(C)C1NC(=O)C(C)(Cc2ccc(F)cc2)N(C)C1=O. The van der Waals surface area contributed by atoms with Crippen molar-refractivity contribution in [2.24, 2.45) is 0 Å². The van der Waals surface area contributed by atoms with Gasteiger partial charge in [0.2, 0.25) is 11.8 Å². The number of amides is 2. The molecular weight excluding hydrogens is 381 g/mol. The highest BCUT2D eigenvalue weighted by atomic mass is 19.1. The lowest BCUT2D eigenvalue weighted by molar-refractivity contribution is -0.154. The molecule has 154 valence electrons. The van der Waals surface area contributed by atoms with Gasteiger partial charge in [0.05, 0.1) is 11.6 Å². The zero-order valence-electron chi connectivity index (χ0n) is 17.3. The van der Waals surface area contributed by atoms with Crippen LogP contribution in [0.3, 0.4) is 0 Å². The molecule has 2 aromatic rings. The van der Waals surface area contributed by atoms with Crippen LogP contribution in [0.15, 0.2) is 49.0 Å². The second-order valence-corrected chi connectivity index (χ2v) is 7.84. The van der Waals surface area contributed by atoms with Gasteiger partial charge >= 0.3 is 0 Å². The fourth-order valence-electron chi connectivity index (χ4n) is 4.03. The molecule has 3 unspecified atom stereocenters. The van der Waals surface area contributed by atoms with Crippen LogP contribution in [0.2, 0.25) is 0 Å². The number of hydrogen-bond donors (Lipinski definition) is 1. The first kappa shape index (κ1) is 21.3. The summed E-state index contributed by atoms with van der Waals surface area (Å²) in [5, 5.41) is 12.4. The molecule has 0 aromatic heterocycles. The highest BCUT2D eigenvalue weighted by Crippen LogP contribution is 2.33. The molecule has 5 nitrogen and oxygen atoms in total. The normalized spacial score (nSPS) is 22.2. The van der Waals surface area contributed by atoms with E-state index in [1.54, 1.807) is 44.3 Å². The minimum absolute atomic E-state index is 0.241. The molecule has 0 spiro atoms. The lowest BCUT2D eigenvalue weighted by Gasteiger charge is -2.46. The number of carbonyl (C=O) groups excluding carboxylic acids is 2. The molecule has 3 atom stereocenters. The van der Waals surface area contributed by atoms with E-state index < -0.39 is 17.5 Å². The monoisotopic (exact) mass is 405 g/mol. The summed E-state index contributed by atoms with van der Waals surface area (Å²) >= 11 is 0. The van der Waals surface area contributed by atoms with Crippen LogP contribution >= 0.6 is 0 Å². The minimum atomic E-state index is -1.11. The lowest BCUT2D eigenvalue weighted by Crippen LogP contribution is -2.70. The maximum Gasteiger partial charge on any atom is 0.246 e. The summed E-state index contributed by atoms with van der Waals surface area (Å²) in [7, 11) is 1.61. The third kappa shape index (κ3) is 3.59. The number of likely N-dealkylation sites (N-methyl/N-ethyl adjacent to an activating group) is 1. The molecule has 1 saturated heterocycles. The molecule has 0 aliphatic carbocycles. The van der Waals surface area contributed by atoms with Gasteiger partial charge in [-0.25, -0.2) is 4.39 Å². The fourth-order valence-corrected chi connectivity index (χ4v) is 4.03. The molecule has 2 amide bonds. The van der Waals surface area contributed by atoms with E-state index >= 15 is 0 Å². The Bertz CT molecular complexity index is 1040. The predicted molar refractivity (Wildman–Crippen MR) is 113 cm³/mol. The Kier molecular flexibility index (Phi) is 5.75. The zero-order chi connectivity index (χ0) is 22.1. The summed E-state index contributed by atoms with van der Waals surface area (Å²) in [5.74, 6) is -1.32. The Hall–Kier alpha value is -3.46. The predicted octanol–water partition coefficient (Wildman–Crippen LogP) is 3.40. The van der Waals surface area contributed by atoms with Crippen LogP contribution in [-0.2, 0) is 16.0 Å². The Morgan fingerprint density at radius 2 is 1.97 bits per heavy atom. The van der Waals surface area contributed by atoms with Gasteiger partial charge in [-0.15, -0.1) is 0 Å². The van der Waals surface area contributed by atoms with Gasteiger partial charge in [-0.05, 0) is 41.8 Å². The molecule has 30 heavy (non-hydrogen) atoms. The number of hydrogen-bond acceptors (Lipinski definition) is 3. The third-order valence-electron chi connectivity index (χ3n) is 6.01. The number of nitriles is 1. The number of rotatable bonds is 5.